The van der Waals surface area contributed by atoms with Crippen LogP contribution in [0.2, 0.25) is 0 Å². The third kappa shape index (κ3) is 3.19. The highest BCUT2D eigenvalue weighted by molar-refractivity contribution is 5.96. The number of amides is 1. The number of carbonyl (C=O) groups excluding carboxylic acids is 1. The van der Waals surface area contributed by atoms with Crippen molar-refractivity contribution < 1.29 is 14.3 Å². The second-order valence-electron chi connectivity index (χ2n) is 6.98. The molecule has 3 heterocycles. The molecule has 0 N–H and O–H groups in total. The van der Waals surface area contributed by atoms with Crippen LogP contribution >= 0.6 is 0 Å². The highest BCUT2D eigenvalue weighted by Gasteiger charge is 2.35. The van der Waals surface area contributed by atoms with Crippen LogP contribution in [0.25, 0.3) is 0 Å². The summed E-state index contributed by atoms with van der Waals surface area (Å²) < 4.78 is 13.1. The Balaban J connectivity index is 1.62. The monoisotopic (exact) mass is 356 g/mol. The van der Waals surface area contributed by atoms with Gasteiger partial charge in [-0.1, -0.05) is 0 Å². The number of ether oxygens (including phenoxy) is 2. The summed E-state index contributed by atoms with van der Waals surface area (Å²) in [5.74, 6) is 0.958. The van der Waals surface area contributed by atoms with Crippen LogP contribution in [-0.2, 0) is 18.2 Å². The molecule has 1 saturated carbocycles. The van der Waals surface area contributed by atoms with E-state index >= 15 is 0 Å². The van der Waals surface area contributed by atoms with Crippen molar-refractivity contribution in [1.29, 1.82) is 0 Å². The Morgan fingerprint density at radius 3 is 2.96 bits per heavy atom. The van der Waals surface area contributed by atoms with Gasteiger partial charge in [-0.2, -0.15) is 5.10 Å². The van der Waals surface area contributed by atoms with Gasteiger partial charge in [0.1, 0.15) is 5.56 Å². The summed E-state index contributed by atoms with van der Waals surface area (Å²) in [6.45, 7) is 1.88. The van der Waals surface area contributed by atoms with E-state index in [-0.39, 0.29) is 11.9 Å². The second kappa shape index (κ2) is 7.07. The Morgan fingerprint density at radius 2 is 2.19 bits per heavy atom. The number of methoxy groups -OCH3 is 1. The fourth-order valence-electron chi connectivity index (χ4n) is 3.57. The van der Waals surface area contributed by atoms with Crippen LogP contribution in [0.5, 0.6) is 5.88 Å². The van der Waals surface area contributed by atoms with Gasteiger partial charge in [0.25, 0.3) is 5.91 Å². The van der Waals surface area contributed by atoms with Crippen LogP contribution in [-0.4, -0.2) is 52.4 Å². The molecule has 1 amide bonds. The molecule has 0 aromatic carbocycles. The summed E-state index contributed by atoms with van der Waals surface area (Å²) in [6.07, 6.45) is 6.81. The highest BCUT2D eigenvalue weighted by Crippen LogP contribution is 2.33. The lowest BCUT2D eigenvalue weighted by Crippen LogP contribution is -2.43. The minimum atomic E-state index is -0.151. The molecule has 26 heavy (non-hydrogen) atoms. The lowest BCUT2D eigenvalue weighted by Gasteiger charge is -2.36. The molecule has 2 aromatic heterocycles. The molecule has 1 unspecified atom stereocenters. The molecule has 0 saturated heterocycles. The topological polar surface area (TPSA) is 69.5 Å². The Labute approximate surface area is 152 Å². The standard InChI is InChI=1S/C19H24N4O3/c1-22-17-14(10-21-22)7-9-23(16(17)12-26-11-13-5-6-13)19(24)15-4-3-8-20-18(15)25-2/h3-4,8,10,13,16H,5-7,9,11-12H2,1-2H3. The van der Waals surface area contributed by atoms with Crippen LogP contribution in [0.1, 0.15) is 40.5 Å². The van der Waals surface area contributed by atoms with Crippen LogP contribution in [0, 0.1) is 5.92 Å². The number of nitrogens with zero attached hydrogens (tertiary/aromatic N) is 4. The second-order valence-corrected chi connectivity index (χ2v) is 6.98. The van der Waals surface area contributed by atoms with E-state index in [0.717, 1.165) is 18.7 Å². The molecule has 7 heteroatoms. The molecule has 1 atom stereocenters. The Morgan fingerprint density at radius 1 is 1.35 bits per heavy atom. The fraction of sp³-hybridized carbons (Fsp3) is 0.526. The quantitative estimate of drug-likeness (QED) is 0.792. The summed E-state index contributed by atoms with van der Waals surface area (Å²) in [5, 5.41) is 4.39. The number of fused-ring (bicyclic) bond motifs is 1. The minimum Gasteiger partial charge on any atom is -0.480 e. The van der Waals surface area contributed by atoms with E-state index in [2.05, 4.69) is 10.1 Å². The summed E-state index contributed by atoms with van der Waals surface area (Å²) in [7, 11) is 3.45. The van der Waals surface area contributed by atoms with Gasteiger partial charge in [-0.25, -0.2) is 4.98 Å². The number of pyridine rings is 1. The Hall–Kier alpha value is -2.41. The first-order valence-electron chi connectivity index (χ1n) is 9.07. The molecule has 0 radical (unpaired) electrons. The lowest BCUT2D eigenvalue weighted by atomic mass is 9.99. The highest BCUT2D eigenvalue weighted by atomic mass is 16.5. The first-order valence-corrected chi connectivity index (χ1v) is 9.07. The number of hydrogen-bond acceptors (Lipinski definition) is 5. The molecule has 2 aliphatic rings. The molecule has 2 aromatic rings. The predicted molar refractivity (Wildman–Crippen MR) is 95.0 cm³/mol. The molecule has 1 aliphatic heterocycles. The third-order valence-corrected chi connectivity index (χ3v) is 5.16. The van der Waals surface area contributed by atoms with Crippen LogP contribution in [0.4, 0.5) is 0 Å². The van der Waals surface area contributed by atoms with E-state index < -0.39 is 0 Å². The van der Waals surface area contributed by atoms with Crippen molar-refractivity contribution in [2.75, 3.05) is 26.9 Å². The van der Waals surface area contributed by atoms with Gasteiger partial charge in [0.05, 0.1) is 31.6 Å². The van der Waals surface area contributed by atoms with Gasteiger partial charge in [0, 0.05) is 26.4 Å². The molecular weight excluding hydrogens is 332 g/mol. The van der Waals surface area contributed by atoms with Gasteiger partial charge in [-0.3, -0.25) is 9.48 Å². The van der Waals surface area contributed by atoms with Gasteiger partial charge in [0.15, 0.2) is 0 Å². The summed E-state index contributed by atoms with van der Waals surface area (Å²) >= 11 is 0. The maximum absolute atomic E-state index is 13.3. The van der Waals surface area contributed by atoms with Crippen molar-refractivity contribution in [2.24, 2.45) is 13.0 Å². The number of hydrogen-bond donors (Lipinski definition) is 0. The molecule has 1 fully saturated rings. The summed E-state index contributed by atoms with van der Waals surface area (Å²) in [4.78, 5) is 19.3. The fourth-order valence-corrected chi connectivity index (χ4v) is 3.57. The van der Waals surface area contributed by atoms with Gasteiger partial charge in [0.2, 0.25) is 5.88 Å². The predicted octanol–water partition coefficient (Wildman–Crippen LogP) is 1.99. The van der Waals surface area contributed by atoms with Gasteiger partial charge in [-0.15, -0.1) is 0 Å². The maximum Gasteiger partial charge on any atom is 0.260 e. The average Bonchev–Trinajstić information content (AvgIpc) is 3.42. The molecule has 7 nitrogen and oxygen atoms in total. The van der Waals surface area contributed by atoms with Crippen LogP contribution in [0.3, 0.4) is 0 Å². The Bertz CT molecular complexity index is 800. The van der Waals surface area contributed by atoms with Crippen molar-refractivity contribution in [1.82, 2.24) is 19.7 Å². The summed E-state index contributed by atoms with van der Waals surface area (Å²) in [5.41, 5.74) is 2.73. The normalized spacial score (nSPS) is 19.3. The zero-order chi connectivity index (χ0) is 18.1. The van der Waals surface area contributed by atoms with Gasteiger partial charge < -0.3 is 14.4 Å². The largest absolute Gasteiger partial charge is 0.480 e. The molecule has 0 spiro atoms. The number of rotatable bonds is 6. The SMILES string of the molecule is COc1ncccc1C(=O)N1CCc2cnn(C)c2C1COCC1CC1. The zero-order valence-corrected chi connectivity index (χ0v) is 15.2. The smallest absolute Gasteiger partial charge is 0.260 e. The first-order chi connectivity index (χ1) is 12.7. The van der Waals surface area contributed by atoms with E-state index in [1.165, 1.54) is 25.5 Å². The van der Waals surface area contributed by atoms with Crippen molar-refractivity contribution in [3.05, 3.63) is 41.3 Å². The van der Waals surface area contributed by atoms with Crippen LogP contribution in [0.15, 0.2) is 24.5 Å². The number of aryl methyl sites for hydroxylation is 1. The van der Waals surface area contributed by atoms with Crippen molar-refractivity contribution >= 4 is 5.91 Å². The van der Waals surface area contributed by atoms with Crippen molar-refractivity contribution in [3.63, 3.8) is 0 Å². The van der Waals surface area contributed by atoms with E-state index in [1.807, 2.05) is 22.8 Å². The average molecular weight is 356 g/mol. The molecule has 1 aliphatic carbocycles. The lowest BCUT2D eigenvalue weighted by molar-refractivity contribution is 0.0345. The molecule has 138 valence electrons. The van der Waals surface area contributed by atoms with E-state index in [4.69, 9.17) is 9.47 Å². The van der Waals surface area contributed by atoms with Gasteiger partial charge >= 0.3 is 0 Å². The maximum atomic E-state index is 13.3. The van der Waals surface area contributed by atoms with Crippen LogP contribution < -0.4 is 4.74 Å². The zero-order valence-electron chi connectivity index (χ0n) is 15.2. The molecule has 0 bridgehead atoms. The van der Waals surface area contributed by atoms with E-state index in [1.54, 1.807) is 18.3 Å². The molecule has 4 rings (SSSR count). The van der Waals surface area contributed by atoms with Crippen molar-refractivity contribution in [3.8, 4) is 5.88 Å². The summed E-state index contributed by atoms with van der Waals surface area (Å²) in [6, 6.07) is 3.37. The van der Waals surface area contributed by atoms with E-state index in [0.29, 0.717) is 30.5 Å². The van der Waals surface area contributed by atoms with E-state index in [9.17, 15) is 4.79 Å². The number of carbonyl (C=O) groups is 1. The third-order valence-electron chi connectivity index (χ3n) is 5.16. The first kappa shape index (κ1) is 17.0. The van der Waals surface area contributed by atoms with Gasteiger partial charge in [-0.05, 0) is 42.9 Å². The Kier molecular flexibility index (Phi) is 4.63. The number of aromatic nitrogens is 3. The minimum absolute atomic E-state index is 0.0816. The van der Waals surface area contributed by atoms with Crippen molar-refractivity contribution in [2.45, 2.75) is 25.3 Å². The molecular formula is C19H24N4O3.